The Labute approximate surface area is 224 Å². The van der Waals surface area contributed by atoms with Crippen molar-refractivity contribution in [1.29, 1.82) is 0 Å². The van der Waals surface area contributed by atoms with Gasteiger partial charge in [0, 0.05) is 32.3 Å². The summed E-state index contributed by atoms with van der Waals surface area (Å²) in [4.78, 5) is 3.91. The van der Waals surface area contributed by atoms with Gasteiger partial charge in [-0.25, -0.2) is 0 Å². The molecule has 182 valence electrons. The van der Waals surface area contributed by atoms with E-state index in [1.54, 1.807) is 0 Å². The predicted molar refractivity (Wildman–Crippen MR) is 164 cm³/mol. The molecule has 39 heavy (non-hydrogen) atoms. The fourth-order valence-corrected chi connectivity index (χ4v) is 6.65. The van der Waals surface area contributed by atoms with Crippen molar-refractivity contribution in [3.63, 3.8) is 0 Å². The Bertz CT molecular complexity index is 2120. The molecular formula is C36H23N3. The second-order valence-corrected chi connectivity index (χ2v) is 10.3. The maximum Gasteiger partial charge on any atom is 0.0710 e. The highest BCUT2D eigenvalue weighted by Crippen LogP contribution is 2.39. The van der Waals surface area contributed by atoms with Crippen molar-refractivity contribution in [2.75, 3.05) is 0 Å². The second-order valence-electron chi connectivity index (χ2n) is 10.3. The average Bonchev–Trinajstić information content (AvgIpc) is 3.65. The molecule has 0 fully saturated rings. The lowest BCUT2D eigenvalue weighted by Gasteiger charge is -2.09. The third-order valence-corrected chi connectivity index (χ3v) is 8.27. The number of rotatable bonds is 2. The van der Waals surface area contributed by atoms with E-state index in [-0.39, 0.29) is 0 Å². The average molecular weight is 498 g/mol. The molecule has 0 amide bonds. The van der Waals surface area contributed by atoms with Crippen molar-refractivity contribution < 1.29 is 0 Å². The smallest absolute Gasteiger partial charge is 0.0710 e. The maximum atomic E-state index is 3.91. The first-order valence-electron chi connectivity index (χ1n) is 13.4. The normalized spacial score (nSPS) is 12.1. The van der Waals surface area contributed by atoms with Crippen LogP contribution in [-0.2, 0) is 0 Å². The maximum absolute atomic E-state index is 3.91. The number of H-pyrrole nitrogens is 1. The van der Waals surface area contributed by atoms with E-state index in [2.05, 4.69) is 148 Å². The molecule has 3 nitrogen and oxygen atoms in total. The van der Waals surface area contributed by atoms with Gasteiger partial charge in [-0.2, -0.15) is 0 Å². The van der Waals surface area contributed by atoms with Gasteiger partial charge in [0.1, 0.15) is 0 Å². The molecule has 0 atom stereocenters. The summed E-state index contributed by atoms with van der Waals surface area (Å²) in [5.41, 5.74) is 9.47. The number of hydrogen-bond acceptors (Lipinski definition) is 0. The van der Waals surface area contributed by atoms with E-state index in [1.165, 1.54) is 54.4 Å². The molecule has 0 radical (unpaired) electrons. The summed E-state index contributed by atoms with van der Waals surface area (Å²) in [6, 6.07) is 48.1. The van der Waals surface area contributed by atoms with E-state index >= 15 is 0 Å². The molecule has 0 bridgehead atoms. The summed E-state index contributed by atoms with van der Waals surface area (Å²) in [5.74, 6) is 0. The van der Waals surface area contributed by atoms with Crippen LogP contribution in [0, 0.1) is 0 Å². The van der Waals surface area contributed by atoms with Gasteiger partial charge in [0.05, 0.1) is 44.5 Å². The zero-order chi connectivity index (χ0) is 25.5. The number of hydrogen-bond donors (Lipinski definition) is 1. The number of para-hydroxylation sites is 6. The SMILES string of the molecule is c1cc(-n2c3ccccc3c3ccccc32)c2[nH]c3c(-n4c5ccccc5c5ccccc54)cccc3c2c1. The molecule has 3 heterocycles. The molecule has 9 aromatic rings. The summed E-state index contributed by atoms with van der Waals surface area (Å²) >= 11 is 0. The van der Waals surface area contributed by atoms with Gasteiger partial charge in [-0.05, 0) is 36.4 Å². The van der Waals surface area contributed by atoms with Crippen molar-refractivity contribution in [3.05, 3.63) is 133 Å². The van der Waals surface area contributed by atoms with E-state index in [1.807, 2.05) is 0 Å². The number of aromatic nitrogens is 3. The zero-order valence-electron chi connectivity index (χ0n) is 21.1. The Morgan fingerprint density at radius 1 is 0.308 bits per heavy atom. The fraction of sp³-hybridized carbons (Fsp3) is 0. The van der Waals surface area contributed by atoms with Crippen molar-refractivity contribution in [2.45, 2.75) is 0 Å². The van der Waals surface area contributed by atoms with Crippen LogP contribution in [0.15, 0.2) is 133 Å². The first-order valence-corrected chi connectivity index (χ1v) is 13.4. The van der Waals surface area contributed by atoms with Crippen molar-refractivity contribution in [2.24, 2.45) is 0 Å². The summed E-state index contributed by atoms with van der Waals surface area (Å²) < 4.78 is 4.81. The molecule has 0 spiro atoms. The lowest BCUT2D eigenvalue weighted by molar-refractivity contribution is 1.18. The van der Waals surface area contributed by atoms with Crippen LogP contribution in [0.4, 0.5) is 0 Å². The molecule has 0 aliphatic rings. The minimum absolute atomic E-state index is 1.15. The number of nitrogens with zero attached hydrogens (tertiary/aromatic N) is 2. The molecule has 0 saturated heterocycles. The molecule has 3 heteroatoms. The van der Waals surface area contributed by atoms with E-state index < -0.39 is 0 Å². The zero-order valence-corrected chi connectivity index (χ0v) is 21.1. The number of aromatic amines is 1. The van der Waals surface area contributed by atoms with Gasteiger partial charge in [0.15, 0.2) is 0 Å². The minimum atomic E-state index is 1.15. The van der Waals surface area contributed by atoms with Gasteiger partial charge >= 0.3 is 0 Å². The van der Waals surface area contributed by atoms with Crippen molar-refractivity contribution in [3.8, 4) is 11.4 Å². The number of nitrogens with one attached hydrogen (secondary N) is 1. The predicted octanol–water partition coefficient (Wildman–Crippen LogP) is 9.52. The van der Waals surface area contributed by atoms with Crippen LogP contribution in [0.5, 0.6) is 0 Å². The number of benzene rings is 6. The van der Waals surface area contributed by atoms with Crippen LogP contribution in [0.1, 0.15) is 0 Å². The fourth-order valence-electron chi connectivity index (χ4n) is 6.65. The van der Waals surface area contributed by atoms with Crippen molar-refractivity contribution >= 4 is 65.4 Å². The van der Waals surface area contributed by atoms with Crippen molar-refractivity contribution in [1.82, 2.24) is 14.1 Å². The molecule has 1 N–H and O–H groups in total. The molecule has 9 rings (SSSR count). The van der Waals surface area contributed by atoms with E-state index in [0.717, 1.165) is 22.4 Å². The van der Waals surface area contributed by atoms with E-state index in [4.69, 9.17) is 0 Å². The Morgan fingerprint density at radius 2 is 0.615 bits per heavy atom. The summed E-state index contributed by atoms with van der Waals surface area (Å²) in [6.45, 7) is 0. The van der Waals surface area contributed by atoms with Gasteiger partial charge < -0.3 is 14.1 Å². The van der Waals surface area contributed by atoms with Crippen LogP contribution >= 0.6 is 0 Å². The summed E-state index contributed by atoms with van der Waals surface area (Å²) in [5, 5.41) is 7.54. The summed E-state index contributed by atoms with van der Waals surface area (Å²) in [6.07, 6.45) is 0. The lowest BCUT2D eigenvalue weighted by Crippen LogP contribution is -1.95. The first kappa shape index (κ1) is 20.7. The minimum Gasteiger partial charge on any atom is -0.351 e. The van der Waals surface area contributed by atoms with Gasteiger partial charge in [-0.3, -0.25) is 0 Å². The Morgan fingerprint density at radius 3 is 0.974 bits per heavy atom. The molecule has 0 aliphatic carbocycles. The third kappa shape index (κ3) is 2.71. The van der Waals surface area contributed by atoms with Gasteiger partial charge in [0.2, 0.25) is 0 Å². The van der Waals surface area contributed by atoms with Gasteiger partial charge in [0.25, 0.3) is 0 Å². The third-order valence-electron chi connectivity index (χ3n) is 8.27. The van der Waals surface area contributed by atoms with Crippen LogP contribution in [0.3, 0.4) is 0 Å². The van der Waals surface area contributed by atoms with Gasteiger partial charge in [-0.15, -0.1) is 0 Å². The Kier molecular flexibility index (Phi) is 4.05. The second kappa shape index (κ2) is 7.62. The van der Waals surface area contributed by atoms with Crippen LogP contribution in [0.2, 0.25) is 0 Å². The van der Waals surface area contributed by atoms with Crippen LogP contribution in [0.25, 0.3) is 76.8 Å². The van der Waals surface area contributed by atoms with E-state index in [9.17, 15) is 0 Å². The topological polar surface area (TPSA) is 25.6 Å². The highest BCUT2D eigenvalue weighted by Gasteiger charge is 2.19. The number of fused-ring (bicyclic) bond motifs is 9. The largest absolute Gasteiger partial charge is 0.351 e. The standard InChI is InChI=1S/C36H23N3/c1-5-17-29-23(11-1)24-12-2-6-18-30(24)38(29)33-21-9-15-27-28-16-10-22-34(36(28)37-35(27)33)39-31-19-7-3-13-25(31)26-14-4-8-20-32(26)39/h1-22,37H. The van der Waals surface area contributed by atoms with Crippen LogP contribution < -0.4 is 0 Å². The lowest BCUT2D eigenvalue weighted by atomic mass is 10.1. The molecule has 0 saturated carbocycles. The molecule has 6 aromatic carbocycles. The molecular weight excluding hydrogens is 474 g/mol. The van der Waals surface area contributed by atoms with E-state index in [0.29, 0.717) is 0 Å². The Balaban J connectivity index is 1.41. The molecule has 0 aliphatic heterocycles. The van der Waals surface area contributed by atoms with Crippen LogP contribution in [-0.4, -0.2) is 14.1 Å². The molecule has 3 aromatic heterocycles. The van der Waals surface area contributed by atoms with Gasteiger partial charge in [-0.1, -0.05) is 97.1 Å². The quantitative estimate of drug-likeness (QED) is 0.246. The highest BCUT2D eigenvalue weighted by molar-refractivity contribution is 6.16. The molecule has 0 unspecified atom stereocenters. The first-order chi connectivity index (χ1) is 19.4. The monoisotopic (exact) mass is 497 g/mol. The summed E-state index contributed by atoms with van der Waals surface area (Å²) in [7, 11) is 0. The Hall–Kier alpha value is -5.28. The highest BCUT2D eigenvalue weighted by atomic mass is 15.0.